The monoisotopic (exact) mass is 532 g/mol. The number of amides is 1. The lowest BCUT2D eigenvalue weighted by atomic mass is 9.81. The molecule has 4 aromatic rings. The molecule has 0 N–H and O–H groups in total. The zero-order chi connectivity index (χ0) is 27.8. The summed E-state index contributed by atoms with van der Waals surface area (Å²) >= 11 is 0. The van der Waals surface area contributed by atoms with E-state index in [-0.39, 0.29) is 36.4 Å². The Morgan fingerprint density at radius 2 is 1.43 bits per heavy atom. The predicted octanol–water partition coefficient (Wildman–Crippen LogP) is 7.23. The third-order valence-corrected chi connectivity index (χ3v) is 9.03. The first-order valence-electron chi connectivity index (χ1n) is 14.4. The average Bonchev–Trinajstić information content (AvgIpc) is 3.41. The molecule has 0 radical (unpaired) electrons. The maximum Gasteiger partial charge on any atom is 0.240 e. The molecule has 0 saturated heterocycles. The van der Waals surface area contributed by atoms with Crippen LogP contribution < -0.4 is 0 Å². The third-order valence-electron chi connectivity index (χ3n) is 9.03. The molecule has 6 rings (SSSR count). The minimum absolute atomic E-state index is 0.00151. The summed E-state index contributed by atoms with van der Waals surface area (Å²) in [6, 6.07) is 32.1. The van der Waals surface area contributed by atoms with Gasteiger partial charge in [0.05, 0.1) is 12.1 Å². The quantitative estimate of drug-likeness (QED) is 0.262. The van der Waals surface area contributed by atoms with Crippen molar-refractivity contribution in [1.82, 2.24) is 9.80 Å². The lowest BCUT2D eigenvalue weighted by Gasteiger charge is -2.45. The molecule has 204 valence electrons. The lowest BCUT2D eigenvalue weighted by Crippen LogP contribution is -2.53. The van der Waals surface area contributed by atoms with Gasteiger partial charge < -0.3 is 4.90 Å². The maximum atomic E-state index is 14.9. The highest BCUT2D eigenvalue weighted by molar-refractivity contribution is 5.82. The Hall–Kier alpha value is -3.76. The molecule has 0 aromatic heterocycles. The van der Waals surface area contributed by atoms with Crippen LogP contribution >= 0.6 is 0 Å². The second kappa shape index (κ2) is 11.0. The summed E-state index contributed by atoms with van der Waals surface area (Å²) in [5.74, 6) is 0.0930. The van der Waals surface area contributed by atoms with E-state index in [1.54, 1.807) is 12.1 Å². The van der Waals surface area contributed by atoms with Gasteiger partial charge in [-0.1, -0.05) is 97.9 Å². The van der Waals surface area contributed by atoms with E-state index in [0.717, 1.165) is 19.4 Å². The first-order valence-corrected chi connectivity index (χ1v) is 14.4. The molecular weight excluding hydrogens is 495 g/mol. The smallest absolute Gasteiger partial charge is 0.240 e. The fraction of sp³-hybridized carbons (Fsp3) is 0.306. The van der Waals surface area contributed by atoms with Gasteiger partial charge in [0, 0.05) is 24.7 Å². The number of halogens is 1. The van der Waals surface area contributed by atoms with Gasteiger partial charge in [0.1, 0.15) is 5.82 Å². The molecule has 0 fully saturated rings. The lowest BCUT2D eigenvalue weighted by molar-refractivity contribution is -0.140. The molecular formula is C36H37FN2O. The normalized spacial score (nSPS) is 19.6. The van der Waals surface area contributed by atoms with Gasteiger partial charge in [0.2, 0.25) is 5.91 Å². The molecule has 1 aliphatic heterocycles. The molecule has 1 aliphatic carbocycles. The van der Waals surface area contributed by atoms with Crippen molar-refractivity contribution in [3.63, 3.8) is 0 Å². The fourth-order valence-corrected chi connectivity index (χ4v) is 6.86. The number of carbonyl (C=O) groups excluding carboxylic acids is 1. The highest BCUT2D eigenvalue weighted by Gasteiger charge is 2.40. The van der Waals surface area contributed by atoms with Crippen LogP contribution in [0.3, 0.4) is 0 Å². The number of benzene rings is 4. The average molecular weight is 533 g/mol. The second-order valence-corrected chi connectivity index (χ2v) is 11.6. The van der Waals surface area contributed by atoms with Crippen LogP contribution in [0.25, 0.3) is 0 Å². The van der Waals surface area contributed by atoms with Crippen LogP contribution in [0, 0.1) is 12.7 Å². The zero-order valence-corrected chi connectivity index (χ0v) is 23.6. The molecule has 0 spiro atoms. The summed E-state index contributed by atoms with van der Waals surface area (Å²) in [7, 11) is 0. The number of carbonyl (C=O) groups is 1. The minimum Gasteiger partial charge on any atom is -0.333 e. The van der Waals surface area contributed by atoms with Gasteiger partial charge in [0.25, 0.3) is 0 Å². The summed E-state index contributed by atoms with van der Waals surface area (Å²) in [6.07, 6.45) is 1.59. The van der Waals surface area contributed by atoms with Gasteiger partial charge in [-0.2, -0.15) is 0 Å². The largest absolute Gasteiger partial charge is 0.333 e. The van der Waals surface area contributed by atoms with E-state index < -0.39 is 0 Å². The van der Waals surface area contributed by atoms with Gasteiger partial charge >= 0.3 is 0 Å². The Kier molecular flexibility index (Phi) is 7.29. The van der Waals surface area contributed by atoms with E-state index >= 15 is 0 Å². The first kappa shape index (κ1) is 26.5. The summed E-state index contributed by atoms with van der Waals surface area (Å²) in [4.78, 5) is 19.0. The Balaban J connectivity index is 1.38. The van der Waals surface area contributed by atoms with Crippen LogP contribution in [-0.2, 0) is 24.2 Å². The molecule has 1 amide bonds. The van der Waals surface area contributed by atoms with Crippen molar-refractivity contribution >= 4 is 5.91 Å². The molecule has 1 heterocycles. The SMILES string of the molecule is Cc1ccccc1[C@@H]1c2ccccc2[C@@H](C)CN1[C@@H](C)C(=O)N(Cc1ccccc1F)C1Cc2ccccc2C1. The van der Waals surface area contributed by atoms with Crippen LogP contribution in [0.2, 0.25) is 0 Å². The molecule has 2 aliphatic rings. The van der Waals surface area contributed by atoms with Crippen molar-refractivity contribution < 1.29 is 9.18 Å². The molecule has 3 nitrogen and oxygen atoms in total. The van der Waals surface area contributed by atoms with Gasteiger partial charge in [-0.15, -0.1) is 0 Å². The second-order valence-electron chi connectivity index (χ2n) is 11.6. The Bertz CT molecular complexity index is 1510. The van der Waals surface area contributed by atoms with Gasteiger partial charge in [-0.25, -0.2) is 4.39 Å². The number of aryl methyl sites for hydroxylation is 1. The number of nitrogens with zero attached hydrogens (tertiary/aromatic N) is 2. The topological polar surface area (TPSA) is 23.6 Å². The number of hydrogen-bond donors (Lipinski definition) is 0. The first-order chi connectivity index (χ1) is 19.4. The highest BCUT2D eigenvalue weighted by Crippen LogP contribution is 2.42. The highest BCUT2D eigenvalue weighted by atomic mass is 19.1. The molecule has 4 heteroatoms. The Labute approximate surface area is 237 Å². The summed E-state index contributed by atoms with van der Waals surface area (Å²) in [5, 5.41) is 0. The van der Waals surface area contributed by atoms with E-state index in [9.17, 15) is 9.18 Å². The minimum atomic E-state index is -0.379. The van der Waals surface area contributed by atoms with Crippen LogP contribution in [0.4, 0.5) is 4.39 Å². The number of fused-ring (bicyclic) bond motifs is 2. The van der Waals surface area contributed by atoms with Gasteiger partial charge in [0.15, 0.2) is 0 Å². The van der Waals surface area contributed by atoms with Gasteiger partial charge in [-0.05, 0) is 72.1 Å². The maximum absolute atomic E-state index is 14.9. The fourth-order valence-electron chi connectivity index (χ4n) is 6.86. The standard InChI is InChI=1S/C36H37FN2O/c1-24-12-4-8-17-32(24)35-33-18-10-9-16-31(33)25(2)22-38(35)26(3)36(40)39(23-29-15-7-11-19-34(29)37)30-20-27-13-5-6-14-28(27)21-30/h4-19,25-26,30,35H,20-23H2,1-3H3/t25-,26-,35+/m0/s1. The predicted molar refractivity (Wildman–Crippen MR) is 159 cm³/mol. The van der Waals surface area contributed by atoms with E-state index in [2.05, 4.69) is 91.5 Å². The van der Waals surface area contributed by atoms with E-state index in [0.29, 0.717) is 11.5 Å². The van der Waals surface area contributed by atoms with Crippen molar-refractivity contribution in [2.24, 2.45) is 0 Å². The molecule has 0 bridgehead atoms. The van der Waals surface area contributed by atoms with E-state index in [1.165, 1.54) is 39.4 Å². The summed E-state index contributed by atoms with van der Waals surface area (Å²) in [5.41, 5.74) is 8.19. The molecule has 0 unspecified atom stereocenters. The molecule has 4 aromatic carbocycles. The van der Waals surface area contributed by atoms with Crippen molar-refractivity contribution in [2.75, 3.05) is 6.54 Å². The number of hydrogen-bond acceptors (Lipinski definition) is 2. The van der Waals surface area contributed by atoms with Gasteiger partial charge in [-0.3, -0.25) is 9.69 Å². The van der Waals surface area contributed by atoms with E-state index in [1.807, 2.05) is 17.9 Å². The molecule has 40 heavy (non-hydrogen) atoms. The molecule has 3 atom stereocenters. The van der Waals surface area contributed by atoms with Crippen molar-refractivity contribution in [3.8, 4) is 0 Å². The Morgan fingerprint density at radius 3 is 2.10 bits per heavy atom. The zero-order valence-electron chi connectivity index (χ0n) is 23.6. The van der Waals surface area contributed by atoms with Crippen molar-refractivity contribution in [2.45, 2.75) is 64.2 Å². The van der Waals surface area contributed by atoms with Crippen molar-refractivity contribution in [3.05, 3.63) is 142 Å². The molecule has 0 saturated carbocycles. The van der Waals surface area contributed by atoms with Crippen LogP contribution in [0.15, 0.2) is 97.1 Å². The Morgan fingerprint density at radius 1 is 0.850 bits per heavy atom. The summed E-state index contributed by atoms with van der Waals surface area (Å²) in [6.45, 7) is 7.50. The number of rotatable bonds is 6. The van der Waals surface area contributed by atoms with Crippen molar-refractivity contribution in [1.29, 1.82) is 0 Å². The van der Waals surface area contributed by atoms with Crippen LogP contribution in [0.5, 0.6) is 0 Å². The van der Waals surface area contributed by atoms with E-state index in [4.69, 9.17) is 0 Å². The van der Waals surface area contributed by atoms with Crippen LogP contribution in [0.1, 0.15) is 64.8 Å². The van der Waals surface area contributed by atoms with Crippen LogP contribution in [-0.4, -0.2) is 34.3 Å². The summed E-state index contributed by atoms with van der Waals surface area (Å²) < 4.78 is 14.9. The third kappa shape index (κ3) is 4.86.